The van der Waals surface area contributed by atoms with Crippen molar-refractivity contribution in [1.29, 1.82) is 0 Å². The van der Waals surface area contributed by atoms with Crippen LogP contribution in [0.25, 0.3) is 0 Å². The Hall–Kier alpha value is -4.33. The molecule has 3 aromatic carbocycles. The van der Waals surface area contributed by atoms with E-state index in [2.05, 4.69) is 5.32 Å². The van der Waals surface area contributed by atoms with Gasteiger partial charge < -0.3 is 14.8 Å². The van der Waals surface area contributed by atoms with E-state index < -0.39 is 39.1 Å². The highest BCUT2D eigenvalue weighted by molar-refractivity contribution is 7.86. The van der Waals surface area contributed by atoms with Crippen molar-refractivity contribution in [3.05, 3.63) is 99.6 Å². The molecule has 0 radical (unpaired) electrons. The maximum absolute atomic E-state index is 13.3. The number of nitrogens with zero attached hydrogens (tertiary/aromatic N) is 2. The molecule has 41 heavy (non-hydrogen) atoms. The summed E-state index contributed by atoms with van der Waals surface area (Å²) in [6.45, 7) is 0.443. The molecule has 1 aliphatic rings. The summed E-state index contributed by atoms with van der Waals surface area (Å²) in [7, 11) is -2.20. The topological polar surface area (TPSA) is 154 Å². The van der Waals surface area contributed by atoms with Crippen LogP contribution in [0.3, 0.4) is 0 Å². The van der Waals surface area contributed by atoms with Gasteiger partial charge in [0, 0.05) is 37.3 Å². The molecule has 13 heteroatoms. The van der Waals surface area contributed by atoms with E-state index >= 15 is 0 Å². The minimum absolute atomic E-state index is 0.0564. The molecule has 0 aromatic heterocycles. The number of nitro groups is 1. The van der Waals surface area contributed by atoms with Crippen molar-refractivity contribution in [2.75, 3.05) is 25.2 Å². The Morgan fingerprint density at radius 3 is 2.37 bits per heavy atom. The lowest BCUT2D eigenvalue weighted by molar-refractivity contribution is -0.384. The fourth-order valence-electron chi connectivity index (χ4n) is 4.49. The van der Waals surface area contributed by atoms with Crippen molar-refractivity contribution >= 4 is 33.4 Å². The van der Waals surface area contributed by atoms with Gasteiger partial charge in [0.25, 0.3) is 15.8 Å². The smallest absolute Gasteiger partial charge is 0.338 e. The first-order valence-corrected chi connectivity index (χ1v) is 14.4. The van der Waals surface area contributed by atoms with Crippen LogP contribution in [0.1, 0.15) is 27.9 Å². The van der Waals surface area contributed by atoms with Gasteiger partial charge >= 0.3 is 5.97 Å². The highest BCUT2D eigenvalue weighted by Crippen LogP contribution is 2.26. The number of methoxy groups -OCH3 is 1. The van der Waals surface area contributed by atoms with E-state index in [-0.39, 0.29) is 37.4 Å². The van der Waals surface area contributed by atoms with E-state index in [4.69, 9.17) is 13.7 Å². The second-order valence-electron chi connectivity index (χ2n) is 9.52. The summed E-state index contributed by atoms with van der Waals surface area (Å²) in [5.74, 6) is -0.305. The fraction of sp³-hybridized carbons (Fsp3) is 0.286. The Morgan fingerprint density at radius 1 is 1.05 bits per heavy atom. The second-order valence-corrected chi connectivity index (χ2v) is 11.1. The molecular formula is C28H29N3O9S. The summed E-state index contributed by atoms with van der Waals surface area (Å²) in [5.41, 5.74) is 2.02. The molecule has 1 aliphatic heterocycles. The molecule has 0 saturated carbocycles. The highest BCUT2D eigenvalue weighted by atomic mass is 32.2. The van der Waals surface area contributed by atoms with Gasteiger partial charge in [0.1, 0.15) is 12.4 Å². The third-order valence-corrected chi connectivity index (χ3v) is 7.03. The average molecular weight is 584 g/mol. The van der Waals surface area contributed by atoms with E-state index in [1.807, 2.05) is 0 Å². The lowest BCUT2D eigenvalue weighted by atomic mass is 10.1. The van der Waals surface area contributed by atoms with Crippen LogP contribution in [-0.2, 0) is 37.0 Å². The van der Waals surface area contributed by atoms with Crippen LogP contribution in [0, 0.1) is 10.1 Å². The molecule has 1 amide bonds. The number of nitrogens with one attached hydrogen (secondary N) is 1. The average Bonchev–Trinajstić information content (AvgIpc) is 3.32. The second kappa shape index (κ2) is 12.9. The zero-order valence-electron chi connectivity index (χ0n) is 22.4. The van der Waals surface area contributed by atoms with Gasteiger partial charge in [-0.05, 0) is 41.5 Å². The molecule has 3 aromatic rings. The number of anilines is 1. The van der Waals surface area contributed by atoms with E-state index in [1.165, 1.54) is 18.2 Å². The number of carbonyl (C=O) groups is 2. The van der Waals surface area contributed by atoms with Gasteiger partial charge in [0.2, 0.25) is 5.91 Å². The van der Waals surface area contributed by atoms with Gasteiger partial charge in [0.15, 0.2) is 0 Å². The van der Waals surface area contributed by atoms with Crippen molar-refractivity contribution in [2.45, 2.75) is 31.7 Å². The molecule has 0 bridgehead atoms. The Balaban J connectivity index is 1.43. The molecular weight excluding hydrogens is 554 g/mol. The summed E-state index contributed by atoms with van der Waals surface area (Å²) < 4.78 is 39.2. The number of rotatable bonds is 11. The first-order chi connectivity index (χ1) is 19.5. The Bertz CT molecular complexity index is 1510. The number of ether oxygens (including phenoxy) is 2. The maximum Gasteiger partial charge on any atom is 0.338 e. The van der Waals surface area contributed by atoms with E-state index in [1.54, 1.807) is 66.6 Å². The quantitative estimate of drug-likeness (QED) is 0.153. The van der Waals surface area contributed by atoms with Crippen LogP contribution >= 0.6 is 0 Å². The molecule has 1 fully saturated rings. The number of esters is 1. The minimum Gasteiger partial charge on any atom is -0.497 e. The van der Waals surface area contributed by atoms with Gasteiger partial charge in [-0.25, -0.2) is 4.79 Å². The maximum atomic E-state index is 13.3. The van der Waals surface area contributed by atoms with Gasteiger partial charge in [-0.15, -0.1) is 0 Å². The van der Waals surface area contributed by atoms with Crippen LogP contribution in [0.4, 0.5) is 11.4 Å². The van der Waals surface area contributed by atoms with Crippen LogP contribution < -0.4 is 10.1 Å². The zero-order valence-corrected chi connectivity index (χ0v) is 23.2. The highest BCUT2D eigenvalue weighted by Gasteiger charge is 2.39. The van der Waals surface area contributed by atoms with E-state index in [0.717, 1.165) is 11.8 Å². The van der Waals surface area contributed by atoms with Crippen LogP contribution in [0.15, 0.2) is 72.8 Å². The van der Waals surface area contributed by atoms with Gasteiger partial charge in [-0.3, -0.25) is 24.0 Å². The summed E-state index contributed by atoms with van der Waals surface area (Å²) >= 11 is 0. The number of non-ortho nitro benzene ring substituents is 1. The first-order valence-electron chi connectivity index (χ1n) is 12.6. The van der Waals surface area contributed by atoms with Crippen LogP contribution in [0.5, 0.6) is 5.75 Å². The summed E-state index contributed by atoms with van der Waals surface area (Å²) in [4.78, 5) is 38.2. The molecule has 1 N–H and O–H groups in total. The number of hydrogen-bond acceptors (Lipinski definition) is 10. The van der Waals surface area contributed by atoms with Crippen molar-refractivity contribution in [2.24, 2.45) is 0 Å². The Labute approximate surface area is 237 Å². The number of carbonyl (C=O) groups excluding carboxylic acids is 2. The SMILES string of the molecule is COc1ccc(COC(=O)c2cccc(NC(=O)[C@@H]3C[C@@H](OS(C)(=O)=O)CN3Cc3ccc([N+](=O)[O-])cc3)c2)cc1. The molecule has 1 heterocycles. The predicted molar refractivity (Wildman–Crippen MR) is 149 cm³/mol. The third kappa shape index (κ3) is 8.33. The van der Waals surface area contributed by atoms with Gasteiger partial charge in [-0.1, -0.05) is 30.3 Å². The van der Waals surface area contributed by atoms with E-state index in [9.17, 15) is 28.1 Å². The van der Waals surface area contributed by atoms with Crippen molar-refractivity contribution in [3.8, 4) is 5.75 Å². The van der Waals surface area contributed by atoms with Crippen LogP contribution in [0.2, 0.25) is 0 Å². The van der Waals surface area contributed by atoms with Crippen LogP contribution in [-0.4, -0.2) is 62.2 Å². The van der Waals surface area contributed by atoms with Crippen molar-refractivity contribution in [1.82, 2.24) is 4.90 Å². The van der Waals surface area contributed by atoms with Crippen molar-refractivity contribution < 1.29 is 36.6 Å². The summed E-state index contributed by atoms with van der Waals surface area (Å²) in [6, 6.07) is 18.5. The lowest BCUT2D eigenvalue weighted by Gasteiger charge is -2.23. The van der Waals surface area contributed by atoms with Gasteiger partial charge in [-0.2, -0.15) is 8.42 Å². The molecule has 12 nitrogen and oxygen atoms in total. The number of nitro benzene ring substituents is 1. The first kappa shape index (κ1) is 29.6. The normalized spacial score (nSPS) is 17.1. The molecule has 0 aliphatic carbocycles. The van der Waals surface area contributed by atoms with Gasteiger partial charge in [0.05, 0.1) is 36.0 Å². The molecule has 4 rings (SSSR count). The summed E-state index contributed by atoms with van der Waals surface area (Å²) in [6.07, 6.45) is 0.300. The Kier molecular flexibility index (Phi) is 9.32. The molecule has 0 spiro atoms. The molecule has 0 unspecified atom stereocenters. The molecule has 216 valence electrons. The number of hydrogen-bond donors (Lipinski definition) is 1. The molecule has 2 atom stereocenters. The third-order valence-electron chi connectivity index (χ3n) is 6.41. The number of benzene rings is 3. The standard InChI is InChI=1S/C28H29N3O9S/c1-38-24-12-8-20(9-13-24)18-39-28(33)21-4-3-5-22(14-21)29-27(32)26-15-25(40-41(2,36)37)17-30(26)16-19-6-10-23(11-7-19)31(34)35/h3-14,25-26H,15-18H2,1-2H3,(H,29,32)/t25-,26+/m1/s1. The number of likely N-dealkylation sites (tertiary alicyclic amines) is 1. The van der Waals surface area contributed by atoms with E-state index in [0.29, 0.717) is 17.0 Å². The zero-order chi connectivity index (χ0) is 29.6. The predicted octanol–water partition coefficient (Wildman–Crippen LogP) is 3.52. The van der Waals surface area contributed by atoms with Crippen molar-refractivity contribution in [3.63, 3.8) is 0 Å². The fourth-order valence-corrected chi connectivity index (χ4v) is 5.12. The number of amides is 1. The summed E-state index contributed by atoms with van der Waals surface area (Å²) in [5, 5.41) is 13.8. The Morgan fingerprint density at radius 2 is 1.73 bits per heavy atom. The lowest BCUT2D eigenvalue weighted by Crippen LogP contribution is -2.39. The minimum atomic E-state index is -3.76. The molecule has 1 saturated heterocycles. The monoisotopic (exact) mass is 583 g/mol. The largest absolute Gasteiger partial charge is 0.497 e.